The minimum atomic E-state index is -4.26. The molecule has 0 spiro atoms. The molecule has 5 nitrogen and oxygen atoms in total. The summed E-state index contributed by atoms with van der Waals surface area (Å²) in [6, 6.07) is 0. The van der Waals surface area contributed by atoms with Crippen molar-refractivity contribution in [2.45, 2.75) is 0 Å². The van der Waals surface area contributed by atoms with Crippen LogP contribution < -0.4 is 0 Å². The van der Waals surface area contributed by atoms with Crippen LogP contribution in [-0.4, -0.2) is 13.0 Å². The van der Waals surface area contributed by atoms with Gasteiger partial charge in [-0.2, -0.15) is 8.42 Å². The van der Waals surface area contributed by atoms with Crippen molar-refractivity contribution in [3.63, 3.8) is 0 Å². The van der Waals surface area contributed by atoms with Gasteiger partial charge in [-0.05, 0) is 6.08 Å². The lowest BCUT2D eigenvalue weighted by atomic mass is 10.6. The Labute approximate surface area is 69.4 Å². The summed E-state index contributed by atoms with van der Waals surface area (Å²) in [6.07, 6.45) is 3.49. The fraction of sp³-hybridized carbons (Fsp3) is 0. The van der Waals surface area contributed by atoms with Crippen molar-refractivity contribution in [2.75, 3.05) is 0 Å². The zero-order valence-corrected chi connectivity index (χ0v) is 6.76. The molecule has 64 valence electrons. The van der Waals surface area contributed by atoms with Gasteiger partial charge in [-0.1, -0.05) is 0 Å². The third kappa shape index (κ3) is 2.79. The van der Waals surface area contributed by atoms with E-state index in [-0.39, 0.29) is 12.4 Å². The van der Waals surface area contributed by atoms with Crippen LogP contribution in [0.3, 0.4) is 0 Å². The number of rotatable bonds is 1. The second kappa shape index (κ2) is 3.61. The molecule has 0 saturated heterocycles. The van der Waals surface area contributed by atoms with E-state index < -0.39 is 15.2 Å². The van der Waals surface area contributed by atoms with Gasteiger partial charge in [0.25, 0.3) is 5.09 Å². The SMILES string of the molecule is Cl.O=S(=O)(O)C1=CC=COO1. The Bertz CT molecular complexity index is 277. The molecule has 11 heavy (non-hydrogen) atoms. The minimum absolute atomic E-state index is 0. The van der Waals surface area contributed by atoms with Gasteiger partial charge in [0.2, 0.25) is 0 Å². The highest BCUT2D eigenvalue weighted by atomic mass is 35.5. The van der Waals surface area contributed by atoms with Crippen LogP contribution in [0, 0.1) is 0 Å². The summed E-state index contributed by atoms with van der Waals surface area (Å²) in [4.78, 5) is 8.20. The largest absolute Gasteiger partial charge is 0.332 e. The van der Waals surface area contributed by atoms with Crippen molar-refractivity contribution in [3.8, 4) is 0 Å². The topological polar surface area (TPSA) is 72.8 Å². The molecule has 0 fully saturated rings. The van der Waals surface area contributed by atoms with Crippen LogP contribution in [0.4, 0.5) is 0 Å². The Morgan fingerprint density at radius 3 is 2.36 bits per heavy atom. The van der Waals surface area contributed by atoms with Crippen molar-refractivity contribution < 1.29 is 22.7 Å². The summed E-state index contributed by atoms with van der Waals surface area (Å²) in [7, 11) is -4.26. The average Bonchev–Trinajstić information content (AvgIpc) is 1.88. The fourth-order valence-corrected chi connectivity index (χ4v) is 0.758. The Balaban J connectivity index is 0.000001000. The van der Waals surface area contributed by atoms with E-state index in [2.05, 4.69) is 9.78 Å². The lowest BCUT2D eigenvalue weighted by Crippen LogP contribution is -2.06. The predicted octanol–water partition coefficient (Wildman–Crippen LogP) is 0.613. The van der Waals surface area contributed by atoms with Gasteiger partial charge >= 0.3 is 10.1 Å². The van der Waals surface area contributed by atoms with Crippen LogP contribution in [0.5, 0.6) is 0 Å². The molecule has 1 N–H and O–H groups in total. The molecule has 1 rings (SSSR count). The van der Waals surface area contributed by atoms with Crippen molar-refractivity contribution in [3.05, 3.63) is 23.5 Å². The third-order valence-corrected chi connectivity index (χ3v) is 1.46. The van der Waals surface area contributed by atoms with Crippen LogP contribution in [-0.2, 0) is 19.9 Å². The molecule has 0 aromatic heterocycles. The van der Waals surface area contributed by atoms with Gasteiger partial charge < -0.3 is 0 Å². The van der Waals surface area contributed by atoms with Gasteiger partial charge in [0.05, 0.1) is 0 Å². The second-order valence-corrected chi connectivity index (χ2v) is 2.82. The first kappa shape index (κ1) is 10.3. The van der Waals surface area contributed by atoms with Gasteiger partial charge in [0.1, 0.15) is 6.26 Å². The molecule has 0 unspecified atom stereocenters. The highest BCUT2D eigenvalue weighted by molar-refractivity contribution is 7.89. The summed E-state index contributed by atoms with van der Waals surface area (Å²) in [5, 5.41) is -0.616. The van der Waals surface area contributed by atoms with E-state index in [4.69, 9.17) is 4.55 Å². The van der Waals surface area contributed by atoms with Gasteiger partial charge in [-0.15, -0.1) is 12.4 Å². The van der Waals surface area contributed by atoms with Crippen molar-refractivity contribution in [2.24, 2.45) is 0 Å². The van der Waals surface area contributed by atoms with Gasteiger partial charge in [-0.25, -0.2) is 0 Å². The standard InChI is InChI=1S/C4H4O5S.ClH/c5-10(6,7)4-2-1-3-8-9-4;/h1-3H,(H,5,6,7);1H. The molecule has 0 aromatic carbocycles. The molecule has 0 atom stereocenters. The molecule has 0 bridgehead atoms. The summed E-state index contributed by atoms with van der Waals surface area (Å²) in [6.45, 7) is 0. The monoisotopic (exact) mass is 200 g/mol. The quantitative estimate of drug-likeness (QED) is 0.496. The highest BCUT2D eigenvalue weighted by Crippen LogP contribution is 2.10. The third-order valence-electron chi connectivity index (χ3n) is 0.751. The lowest BCUT2D eigenvalue weighted by Gasteiger charge is -2.04. The predicted molar refractivity (Wildman–Crippen MR) is 38.2 cm³/mol. The van der Waals surface area contributed by atoms with Crippen molar-refractivity contribution in [1.82, 2.24) is 0 Å². The van der Waals surface area contributed by atoms with E-state index in [1.54, 1.807) is 0 Å². The first-order valence-corrected chi connectivity index (χ1v) is 3.72. The fourth-order valence-electron chi connectivity index (χ4n) is 0.382. The number of hydrogen-bond donors (Lipinski definition) is 1. The minimum Gasteiger partial charge on any atom is -0.297 e. The molecule has 1 aliphatic heterocycles. The van der Waals surface area contributed by atoms with Crippen LogP contribution in [0.1, 0.15) is 0 Å². The van der Waals surface area contributed by atoms with Crippen LogP contribution in [0.15, 0.2) is 23.5 Å². The zero-order valence-electron chi connectivity index (χ0n) is 5.13. The van der Waals surface area contributed by atoms with Gasteiger partial charge in [0, 0.05) is 6.08 Å². The first-order valence-electron chi connectivity index (χ1n) is 2.28. The molecular formula is C4H5ClO5S. The maximum Gasteiger partial charge on any atom is 0.332 e. The van der Waals surface area contributed by atoms with Gasteiger partial charge in [-0.3, -0.25) is 14.3 Å². The molecule has 7 heteroatoms. The van der Waals surface area contributed by atoms with Crippen molar-refractivity contribution >= 4 is 22.5 Å². The molecular weight excluding hydrogens is 196 g/mol. The van der Waals surface area contributed by atoms with Crippen molar-refractivity contribution in [1.29, 1.82) is 0 Å². The summed E-state index contributed by atoms with van der Waals surface area (Å²) >= 11 is 0. The zero-order chi connectivity index (χ0) is 7.61. The summed E-state index contributed by atoms with van der Waals surface area (Å²) in [5.74, 6) is 0. The maximum atomic E-state index is 10.2. The molecule has 0 saturated carbocycles. The highest BCUT2D eigenvalue weighted by Gasteiger charge is 2.17. The normalized spacial score (nSPS) is 15.5. The first-order chi connectivity index (χ1) is 4.61. The van der Waals surface area contributed by atoms with Crippen LogP contribution in [0.2, 0.25) is 0 Å². The van der Waals surface area contributed by atoms with E-state index in [0.717, 1.165) is 12.3 Å². The van der Waals surface area contributed by atoms with E-state index in [1.165, 1.54) is 6.08 Å². The molecule has 1 aliphatic rings. The number of hydrogen-bond acceptors (Lipinski definition) is 4. The Kier molecular flexibility index (Phi) is 3.37. The van der Waals surface area contributed by atoms with E-state index in [0.29, 0.717) is 0 Å². The molecule has 0 aromatic rings. The van der Waals surface area contributed by atoms with E-state index >= 15 is 0 Å². The average molecular weight is 201 g/mol. The van der Waals surface area contributed by atoms with Crippen LogP contribution in [0.25, 0.3) is 0 Å². The van der Waals surface area contributed by atoms with Crippen LogP contribution >= 0.6 is 12.4 Å². The number of allylic oxidation sites excluding steroid dienone is 2. The molecule has 0 amide bonds. The summed E-state index contributed by atoms with van der Waals surface area (Å²) in [5.41, 5.74) is 0. The summed E-state index contributed by atoms with van der Waals surface area (Å²) < 4.78 is 28.8. The maximum absolute atomic E-state index is 10.2. The second-order valence-electron chi connectivity index (χ2n) is 1.47. The Hall–Kier alpha value is -0.720. The smallest absolute Gasteiger partial charge is 0.297 e. The Morgan fingerprint density at radius 2 is 2.09 bits per heavy atom. The van der Waals surface area contributed by atoms with Gasteiger partial charge in [0.15, 0.2) is 0 Å². The van der Waals surface area contributed by atoms with E-state index in [1.807, 2.05) is 0 Å². The molecule has 0 aliphatic carbocycles. The van der Waals surface area contributed by atoms with E-state index in [9.17, 15) is 8.42 Å². The number of halogens is 1. The lowest BCUT2D eigenvalue weighted by molar-refractivity contribution is -0.205. The molecule has 1 heterocycles. The molecule has 0 radical (unpaired) electrons. The Morgan fingerprint density at radius 1 is 1.45 bits per heavy atom.